The van der Waals surface area contributed by atoms with Crippen molar-refractivity contribution in [1.29, 1.82) is 0 Å². The molecule has 1 aromatic heterocycles. The summed E-state index contributed by atoms with van der Waals surface area (Å²) >= 11 is 1.53. The lowest BCUT2D eigenvalue weighted by Crippen LogP contribution is -2.32. The zero-order valence-electron chi connectivity index (χ0n) is 10.1. The first kappa shape index (κ1) is 11.8. The van der Waals surface area contributed by atoms with E-state index in [2.05, 4.69) is 33.5 Å². The van der Waals surface area contributed by atoms with Crippen molar-refractivity contribution in [3.8, 4) is 0 Å². The lowest BCUT2D eigenvalue weighted by atomic mass is 10.1. The number of anilines is 1. The van der Waals surface area contributed by atoms with Gasteiger partial charge in [-0.05, 0) is 32.4 Å². The quantitative estimate of drug-likeness (QED) is 0.873. The molecule has 1 saturated heterocycles. The molecule has 1 aliphatic heterocycles. The van der Waals surface area contributed by atoms with Crippen molar-refractivity contribution in [3.63, 3.8) is 0 Å². The topological polar surface area (TPSA) is 41.1 Å². The number of nitrogens with one attached hydrogen (secondary N) is 1. The van der Waals surface area contributed by atoms with Crippen LogP contribution in [0.5, 0.6) is 0 Å². The summed E-state index contributed by atoms with van der Waals surface area (Å²) in [5.74, 6) is 0.971. The Morgan fingerprint density at radius 1 is 1.44 bits per heavy atom. The van der Waals surface area contributed by atoms with Gasteiger partial charge < -0.3 is 10.2 Å². The Balaban J connectivity index is 2.01. The van der Waals surface area contributed by atoms with Gasteiger partial charge in [-0.2, -0.15) is 4.37 Å². The highest BCUT2D eigenvalue weighted by Crippen LogP contribution is 2.22. The molecule has 4 nitrogen and oxygen atoms in total. The zero-order chi connectivity index (χ0) is 11.4. The van der Waals surface area contributed by atoms with E-state index in [0.29, 0.717) is 6.04 Å². The van der Waals surface area contributed by atoms with Gasteiger partial charge in [0.15, 0.2) is 0 Å². The highest BCUT2D eigenvalue weighted by atomic mass is 32.1. The van der Waals surface area contributed by atoms with Crippen molar-refractivity contribution in [3.05, 3.63) is 5.82 Å². The maximum Gasteiger partial charge on any atom is 0.205 e. The first-order valence-electron chi connectivity index (χ1n) is 6.07. The molecule has 0 aliphatic carbocycles. The van der Waals surface area contributed by atoms with E-state index < -0.39 is 0 Å². The molecule has 0 spiro atoms. The summed E-state index contributed by atoms with van der Waals surface area (Å²) in [6.07, 6.45) is 4.65. The van der Waals surface area contributed by atoms with Crippen LogP contribution in [0.2, 0.25) is 0 Å². The summed E-state index contributed by atoms with van der Waals surface area (Å²) in [6.45, 7) is 4.37. The highest BCUT2D eigenvalue weighted by Gasteiger charge is 2.19. The molecule has 2 heterocycles. The molecule has 0 bridgehead atoms. The van der Waals surface area contributed by atoms with Crippen LogP contribution in [0.15, 0.2) is 0 Å². The van der Waals surface area contributed by atoms with E-state index in [4.69, 9.17) is 0 Å². The van der Waals surface area contributed by atoms with Crippen LogP contribution >= 0.6 is 11.5 Å². The normalized spacial score (nSPS) is 21.8. The molecule has 16 heavy (non-hydrogen) atoms. The molecule has 1 atom stereocenters. The van der Waals surface area contributed by atoms with E-state index in [9.17, 15) is 0 Å². The van der Waals surface area contributed by atoms with Gasteiger partial charge in [-0.1, -0.05) is 6.92 Å². The number of rotatable bonds is 3. The van der Waals surface area contributed by atoms with E-state index in [1.54, 1.807) is 0 Å². The van der Waals surface area contributed by atoms with Crippen LogP contribution in [0.1, 0.15) is 32.0 Å². The van der Waals surface area contributed by atoms with Crippen LogP contribution in [0, 0.1) is 0 Å². The van der Waals surface area contributed by atoms with E-state index >= 15 is 0 Å². The first-order valence-corrected chi connectivity index (χ1v) is 6.84. The predicted octanol–water partition coefficient (Wildman–Crippen LogP) is 1.68. The average molecular weight is 240 g/mol. The maximum absolute atomic E-state index is 4.55. The minimum absolute atomic E-state index is 0.618. The Morgan fingerprint density at radius 3 is 3.06 bits per heavy atom. The largest absolute Gasteiger partial charge is 0.347 e. The van der Waals surface area contributed by atoms with Crippen molar-refractivity contribution in [2.45, 2.75) is 38.6 Å². The molecule has 0 aromatic carbocycles. The van der Waals surface area contributed by atoms with Gasteiger partial charge in [0, 0.05) is 31.0 Å². The second-order valence-corrected chi connectivity index (χ2v) is 5.02. The third kappa shape index (κ3) is 2.71. The maximum atomic E-state index is 4.55. The Morgan fingerprint density at radius 2 is 2.31 bits per heavy atom. The third-order valence-corrected chi connectivity index (χ3v) is 4.01. The fourth-order valence-corrected chi connectivity index (χ4v) is 2.86. The zero-order valence-corrected chi connectivity index (χ0v) is 10.9. The second-order valence-electron chi connectivity index (χ2n) is 4.29. The summed E-state index contributed by atoms with van der Waals surface area (Å²) in [6, 6.07) is 0.618. The Labute approximate surface area is 101 Å². The number of hydrogen-bond acceptors (Lipinski definition) is 5. The van der Waals surface area contributed by atoms with Crippen molar-refractivity contribution in [2.24, 2.45) is 0 Å². The second kappa shape index (κ2) is 5.59. The van der Waals surface area contributed by atoms with E-state index in [1.807, 2.05) is 0 Å². The standard InChI is InChI=1S/C11H20N4S/c1-3-10-13-11(16-14-10)15(2)9-5-4-7-12-8-6-9/h9,12H,3-8H2,1-2H3. The number of aromatic nitrogens is 2. The fourth-order valence-electron chi connectivity index (χ4n) is 2.08. The summed E-state index contributed by atoms with van der Waals surface area (Å²) < 4.78 is 4.35. The van der Waals surface area contributed by atoms with Crippen LogP contribution in [0.3, 0.4) is 0 Å². The van der Waals surface area contributed by atoms with Crippen molar-refractivity contribution in [2.75, 3.05) is 25.0 Å². The minimum Gasteiger partial charge on any atom is -0.347 e. The summed E-state index contributed by atoms with van der Waals surface area (Å²) in [5, 5.41) is 4.51. The molecular weight excluding hydrogens is 220 g/mol. The molecule has 1 aliphatic rings. The third-order valence-electron chi connectivity index (χ3n) is 3.17. The number of nitrogens with zero attached hydrogens (tertiary/aromatic N) is 3. The van der Waals surface area contributed by atoms with Crippen LogP contribution in [-0.2, 0) is 6.42 Å². The lowest BCUT2D eigenvalue weighted by molar-refractivity contribution is 0.565. The first-order chi connectivity index (χ1) is 7.81. The van der Waals surface area contributed by atoms with Gasteiger partial charge >= 0.3 is 0 Å². The summed E-state index contributed by atoms with van der Waals surface area (Å²) in [7, 11) is 2.15. The van der Waals surface area contributed by atoms with Crippen molar-refractivity contribution >= 4 is 16.7 Å². The summed E-state index contributed by atoms with van der Waals surface area (Å²) in [5.41, 5.74) is 0. The molecule has 1 unspecified atom stereocenters. The molecular formula is C11H20N4S. The number of aryl methyl sites for hydroxylation is 1. The van der Waals surface area contributed by atoms with E-state index in [-0.39, 0.29) is 0 Å². The Kier molecular flexibility index (Phi) is 4.12. The summed E-state index contributed by atoms with van der Waals surface area (Å²) in [4.78, 5) is 6.86. The molecule has 0 saturated carbocycles. The molecule has 1 fully saturated rings. The van der Waals surface area contributed by atoms with Crippen molar-refractivity contribution < 1.29 is 0 Å². The molecule has 2 rings (SSSR count). The lowest BCUT2D eigenvalue weighted by Gasteiger charge is -2.25. The van der Waals surface area contributed by atoms with Gasteiger partial charge in [0.2, 0.25) is 5.13 Å². The highest BCUT2D eigenvalue weighted by molar-refractivity contribution is 7.09. The van der Waals surface area contributed by atoms with Crippen LogP contribution in [-0.4, -0.2) is 35.5 Å². The molecule has 0 amide bonds. The molecule has 1 N–H and O–H groups in total. The Bertz CT molecular complexity index is 318. The molecule has 90 valence electrons. The van der Waals surface area contributed by atoms with E-state index in [1.165, 1.54) is 30.8 Å². The van der Waals surface area contributed by atoms with Gasteiger partial charge in [0.05, 0.1) is 0 Å². The van der Waals surface area contributed by atoms with Crippen molar-refractivity contribution in [1.82, 2.24) is 14.7 Å². The Hall–Kier alpha value is -0.680. The average Bonchev–Trinajstić information content (AvgIpc) is 2.62. The van der Waals surface area contributed by atoms with Gasteiger partial charge in [0.25, 0.3) is 0 Å². The number of hydrogen-bond donors (Lipinski definition) is 1. The fraction of sp³-hybridized carbons (Fsp3) is 0.818. The van der Waals surface area contributed by atoms with Gasteiger partial charge in [-0.3, -0.25) is 0 Å². The monoisotopic (exact) mass is 240 g/mol. The molecule has 5 heteroatoms. The van der Waals surface area contributed by atoms with Crippen LogP contribution in [0.25, 0.3) is 0 Å². The molecule has 0 radical (unpaired) electrons. The minimum atomic E-state index is 0.618. The van der Waals surface area contributed by atoms with Gasteiger partial charge in [-0.25, -0.2) is 4.98 Å². The van der Waals surface area contributed by atoms with Crippen LogP contribution < -0.4 is 10.2 Å². The molecule has 1 aromatic rings. The van der Waals surface area contributed by atoms with Gasteiger partial charge in [0.1, 0.15) is 5.82 Å². The predicted molar refractivity (Wildman–Crippen MR) is 68.2 cm³/mol. The SMILES string of the molecule is CCc1nsc(N(C)C2CCCNCC2)n1. The smallest absolute Gasteiger partial charge is 0.205 e. The van der Waals surface area contributed by atoms with E-state index in [0.717, 1.165) is 30.5 Å². The van der Waals surface area contributed by atoms with Gasteiger partial charge in [-0.15, -0.1) is 0 Å². The van der Waals surface area contributed by atoms with Crippen LogP contribution in [0.4, 0.5) is 5.13 Å².